The summed E-state index contributed by atoms with van der Waals surface area (Å²) in [5.74, 6) is 0.810. The van der Waals surface area contributed by atoms with Crippen molar-refractivity contribution in [3.8, 4) is 5.69 Å². The maximum Gasteiger partial charge on any atom is 0.209 e. The fraction of sp³-hybridized carbons (Fsp3) is 0.294. The van der Waals surface area contributed by atoms with Crippen molar-refractivity contribution < 1.29 is 4.74 Å². The number of fused-ring (bicyclic) bond motifs is 6. The van der Waals surface area contributed by atoms with Crippen molar-refractivity contribution in [1.82, 2.24) is 24.7 Å². The van der Waals surface area contributed by atoms with Gasteiger partial charge in [0.15, 0.2) is 12.0 Å². The van der Waals surface area contributed by atoms with Gasteiger partial charge in [-0.1, -0.05) is 18.2 Å². The van der Waals surface area contributed by atoms with Gasteiger partial charge in [0.25, 0.3) is 0 Å². The molecule has 0 spiro atoms. The van der Waals surface area contributed by atoms with Gasteiger partial charge in [0, 0.05) is 12.7 Å². The van der Waals surface area contributed by atoms with Crippen LogP contribution in [0.1, 0.15) is 30.3 Å². The van der Waals surface area contributed by atoms with Crippen molar-refractivity contribution in [2.75, 3.05) is 17.2 Å². The van der Waals surface area contributed by atoms with Gasteiger partial charge < -0.3 is 4.74 Å². The van der Waals surface area contributed by atoms with Crippen molar-refractivity contribution in [3.05, 3.63) is 53.2 Å². The Morgan fingerprint density at radius 3 is 2.89 bits per heavy atom. The molecule has 1 saturated carbocycles. The lowest BCUT2D eigenvalue weighted by Crippen LogP contribution is -2.50. The van der Waals surface area contributed by atoms with Crippen molar-refractivity contribution in [2.45, 2.75) is 24.6 Å². The molecule has 0 radical (unpaired) electrons. The van der Waals surface area contributed by atoms with Crippen LogP contribution in [0.15, 0.2) is 41.7 Å². The van der Waals surface area contributed by atoms with E-state index in [1.54, 1.807) is 30.6 Å². The lowest BCUT2D eigenvalue weighted by atomic mass is 10.1. The fourth-order valence-electron chi connectivity index (χ4n) is 3.91. The number of anilines is 1. The molecule has 4 heterocycles. The Balaban J connectivity index is 1.52. The molecular formula is C17H15ClN8O. The Labute approximate surface area is 159 Å². The number of hydrogen-bond acceptors (Lipinski definition) is 7. The third-order valence-electron chi connectivity index (χ3n) is 5.44. The molecule has 10 heteroatoms. The first kappa shape index (κ1) is 15.2. The molecule has 2 aliphatic heterocycles. The van der Waals surface area contributed by atoms with Crippen LogP contribution >= 0.6 is 11.6 Å². The summed E-state index contributed by atoms with van der Waals surface area (Å²) in [5, 5.41) is 12.7. The van der Waals surface area contributed by atoms with Crippen LogP contribution in [0.25, 0.3) is 5.69 Å². The number of imidazole rings is 1. The summed E-state index contributed by atoms with van der Waals surface area (Å²) >= 11 is 6.40. The van der Waals surface area contributed by atoms with Gasteiger partial charge >= 0.3 is 0 Å². The normalized spacial score (nSPS) is 21.2. The minimum Gasteiger partial charge on any atom is -0.372 e. The number of methoxy groups -OCH3 is 1. The highest BCUT2D eigenvalue weighted by atomic mass is 35.5. The quantitative estimate of drug-likeness (QED) is 0.691. The lowest BCUT2D eigenvalue weighted by Gasteiger charge is -2.37. The molecule has 1 unspecified atom stereocenters. The first-order valence-corrected chi connectivity index (χ1v) is 9.02. The minimum atomic E-state index is -0.332. The standard InChI is InChI=1S/C17H15ClN8O/c1-27-17(6-7-17)13-8-21-22-26(13)23-10-20-15-11-4-2-3-5-12(11)24-14(25(15)23)9-19-16(24)18/h2-5,8-10,15H,6-7H2,1H3. The smallest absolute Gasteiger partial charge is 0.209 e. The van der Waals surface area contributed by atoms with Crippen LogP contribution in [0, 0.1) is 0 Å². The second-order valence-corrected chi connectivity index (χ2v) is 7.13. The maximum atomic E-state index is 6.40. The number of aliphatic imine (C=N–C) groups is 1. The van der Waals surface area contributed by atoms with Crippen LogP contribution in [-0.4, -0.2) is 38.1 Å². The number of ether oxygens (including phenoxy) is 1. The number of aromatic nitrogens is 5. The monoisotopic (exact) mass is 382 g/mol. The third kappa shape index (κ3) is 1.87. The summed E-state index contributed by atoms with van der Waals surface area (Å²) in [4.78, 5) is 10.8. The highest BCUT2D eigenvalue weighted by molar-refractivity contribution is 6.29. The molecule has 1 fully saturated rings. The van der Waals surface area contributed by atoms with Gasteiger partial charge in [0.2, 0.25) is 5.28 Å². The van der Waals surface area contributed by atoms with Gasteiger partial charge in [-0.2, -0.15) is 5.12 Å². The molecule has 3 aromatic rings. The molecule has 0 amide bonds. The Morgan fingerprint density at radius 1 is 1.22 bits per heavy atom. The number of hydrazine groups is 1. The molecule has 0 N–H and O–H groups in total. The van der Waals surface area contributed by atoms with E-state index in [-0.39, 0.29) is 11.8 Å². The van der Waals surface area contributed by atoms with E-state index in [2.05, 4.69) is 15.3 Å². The first-order chi connectivity index (χ1) is 13.2. The van der Waals surface area contributed by atoms with Crippen molar-refractivity contribution in [2.24, 2.45) is 4.99 Å². The van der Waals surface area contributed by atoms with Crippen molar-refractivity contribution in [3.63, 3.8) is 0 Å². The van der Waals surface area contributed by atoms with E-state index >= 15 is 0 Å². The molecule has 27 heavy (non-hydrogen) atoms. The Bertz CT molecular complexity index is 1080. The zero-order valence-electron chi connectivity index (χ0n) is 14.4. The molecule has 3 aliphatic rings. The Morgan fingerprint density at radius 2 is 2.07 bits per heavy atom. The topological polar surface area (TPSA) is 76.6 Å². The first-order valence-electron chi connectivity index (χ1n) is 8.64. The second-order valence-electron chi connectivity index (χ2n) is 6.79. The number of nitrogens with zero attached hydrogens (tertiary/aromatic N) is 8. The Kier molecular flexibility index (Phi) is 2.86. The number of para-hydroxylation sites is 1. The van der Waals surface area contributed by atoms with Gasteiger partial charge in [-0.05, 0) is 35.7 Å². The van der Waals surface area contributed by atoms with E-state index in [4.69, 9.17) is 21.3 Å². The SMILES string of the molecule is COC1(c2cnnn2N2C=NC3c4ccccc4-n4c(cnc4Cl)N32)CC1. The average molecular weight is 383 g/mol. The van der Waals surface area contributed by atoms with Gasteiger partial charge in [0.05, 0.1) is 18.1 Å². The molecule has 136 valence electrons. The van der Waals surface area contributed by atoms with Crippen LogP contribution in [0.4, 0.5) is 5.82 Å². The summed E-state index contributed by atoms with van der Waals surface area (Å²) in [6, 6.07) is 8.05. The molecule has 6 rings (SSSR count). The van der Waals surface area contributed by atoms with E-state index in [1.165, 1.54) is 0 Å². The van der Waals surface area contributed by atoms with E-state index in [9.17, 15) is 0 Å². The largest absolute Gasteiger partial charge is 0.372 e. The summed E-state index contributed by atoms with van der Waals surface area (Å²) in [7, 11) is 1.72. The van der Waals surface area contributed by atoms with Gasteiger partial charge in [-0.3, -0.25) is 4.57 Å². The number of halogens is 1. The van der Waals surface area contributed by atoms with Crippen molar-refractivity contribution in [1.29, 1.82) is 0 Å². The molecular weight excluding hydrogens is 368 g/mol. The van der Waals surface area contributed by atoms with Gasteiger partial charge in [0.1, 0.15) is 17.6 Å². The summed E-state index contributed by atoms with van der Waals surface area (Å²) in [5.41, 5.74) is 2.58. The third-order valence-corrected chi connectivity index (χ3v) is 5.71. The maximum absolute atomic E-state index is 6.40. The molecule has 1 aliphatic carbocycles. The predicted molar refractivity (Wildman–Crippen MR) is 98.4 cm³/mol. The summed E-state index contributed by atoms with van der Waals surface area (Å²) in [6.07, 6.45) is 6.90. The predicted octanol–water partition coefficient (Wildman–Crippen LogP) is 2.17. The Hall–Kier alpha value is -2.91. The molecule has 2 aromatic heterocycles. The molecule has 0 saturated heterocycles. The fourth-order valence-corrected chi connectivity index (χ4v) is 4.14. The molecule has 9 nitrogen and oxygen atoms in total. The molecule has 0 bridgehead atoms. The van der Waals surface area contributed by atoms with Crippen LogP contribution in [0.2, 0.25) is 5.28 Å². The minimum absolute atomic E-state index is 0.226. The zero-order valence-corrected chi connectivity index (χ0v) is 15.2. The van der Waals surface area contributed by atoms with Crippen LogP contribution < -0.4 is 10.1 Å². The van der Waals surface area contributed by atoms with E-state index in [1.807, 2.05) is 39.0 Å². The van der Waals surface area contributed by atoms with E-state index in [0.717, 1.165) is 35.6 Å². The second kappa shape index (κ2) is 5.08. The number of rotatable bonds is 3. The van der Waals surface area contributed by atoms with E-state index in [0.29, 0.717) is 5.28 Å². The molecule has 1 atom stereocenters. The highest BCUT2D eigenvalue weighted by Gasteiger charge is 2.50. The van der Waals surface area contributed by atoms with Crippen LogP contribution in [0.3, 0.4) is 0 Å². The number of benzene rings is 1. The van der Waals surface area contributed by atoms with Gasteiger partial charge in [-0.25, -0.2) is 15.0 Å². The van der Waals surface area contributed by atoms with E-state index < -0.39 is 0 Å². The highest BCUT2D eigenvalue weighted by Crippen LogP contribution is 2.49. The average Bonchev–Trinajstić information content (AvgIpc) is 3.03. The van der Waals surface area contributed by atoms with Crippen LogP contribution in [-0.2, 0) is 10.3 Å². The summed E-state index contributed by atoms with van der Waals surface area (Å²) in [6.45, 7) is 0. The number of hydrogen-bond donors (Lipinski definition) is 0. The van der Waals surface area contributed by atoms with Crippen LogP contribution in [0.5, 0.6) is 0 Å². The summed E-state index contributed by atoms with van der Waals surface area (Å²) < 4.78 is 7.64. The van der Waals surface area contributed by atoms with Gasteiger partial charge in [-0.15, -0.1) is 9.89 Å². The van der Waals surface area contributed by atoms with Crippen molar-refractivity contribution >= 4 is 23.8 Å². The molecule has 1 aromatic carbocycles. The zero-order chi connectivity index (χ0) is 18.2. The lowest BCUT2D eigenvalue weighted by molar-refractivity contribution is 0.0710.